The molecule has 0 atom stereocenters. The van der Waals surface area contributed by atoms with Crippen molar-refractivity contribution >= 4 is 33.2 Å². The molecule has 0 radical (unpaired) electrons. The van der Waals surface area contributed by atoms with Gasteiger partial charge in [0.05, 0.1) is 17.9 Å². The minimum absolute atomic E-state index is 0.178. The smallest absolute Gasteiger partial charge is 0.379 e. The van der Waals surface area contributed by atoms with E-state index < -0.39 is 11.9 Å². The lowest BCUT2D eigenvalue weighted by Crippen LogP contribution is -2.09. The van der Waals surface area contributed by atoms with Crippen molar-refractivity contribution in [2.75, 3.05) is 5.32 Å². The number of benzene rings is 2. The van der Waals surface area contributed by atoms with Gasteiger partial charge in [-0.3, -0.25) is 0 Å². The molecule has 0 aliphatic rings. The Bertz CT molecular complexity index is 876. The molecule has 1 aromatic heterocycles. The summed E-state index contributed by atoms with van der Waals surface area (Å²) in [5, 5.41) is 7.22. The van der Waals surface area contributed by atoms with Crippen LogP contribution in [0.3, 0.4) is 0 Å². The van der Waals surface area contributed by atoms with Gasteiger partial charge in [-0.25, -0.2) is 4.68 Å². The van der Waals surface area contributed by atoms with Crippen LogP contribution >= 0.6 is 27.5 Å². The largest absolute Gasteiger partial charge is 0.435 e. The van der Waals surface area contributed by atoms with Gasteiger partial charge in [-0.05, 0) is 48.5 Å². The standard InChI is InChI=1S/C17H12BrClF3N3/c18-11-4-6-13(7-5-11)23-10-15-9-16(17(20,21)22)24-25(15)14-3-1-2-12(19)8-14/h1-9,23H,10H2. The lowest BCUT2D eigenvalue weighted by atomic mass is 10.3. The number of halogens is 5. The highest BCUT2D eigenvalue weighted by molar-refractivity contribution is 9.10. The van der Waals surface area contributed by atoms with Crippen molar-refractivity contribution < 1.29 is 13.2 Å². The van der Waals surface area contributed by atoms with Crippen molar-refractivity contribution in [2.24, 2.45) is 0 Å². The molecule has 0 saturated heterocycles. The molecule has 8 heteroatoms. The Morgan fingerprint density at radius 2 is 1.80 bits per heavy atom. The van der Waals surface area contributed by atoms with Crippen molar-refractivity contribution in [3.8, 4) is 5.69 Å². The second-order valence-electron chi connectivity index (χ2n) is 5.27. The molecule has 1 N–H and O–H groups in total. The number of aromatic nitrogens is 2. The van der Waals surface area contributed by atoms with Crippen LogP contribution in [0.25, 0.3) is 5.69 Å². The zero-order valence-electron chi connectivity index (χ0n) is 12.7. The van der Waals surface area contributed by atoms with Crippen LogP contribution in [0.2, 0.25) is 5.02 Å². The van der Waals surface area contributed by atoms with E-state index in [0.717, 1.165) is 16.2 Å². The van der Waals surface area contributed by atoms with E-state index >= 15 is 0 Å². The molecule has 0 bridgehead atoms. The minimum Gasteiger partial charge on any atom is -0.379 e. The van der Waals surface area contributed by atoms with Crippen molar-refractivity contribution in [1.82, 2.24) is 9.78 Å². The van der Waals surface area contributed by atoms with Crippen LogP contribution in [0, 0.1) is 0 Å². The first kappa shape index (κ1) is 17.8. The molecule has 0 amide bonds. The third-order valence-corrected chi connectivity index (χ3v) is 4.21. The topological polar surface area (TPSA) is 29.9 Å². The second kappa shape index (κ2) is 7.09. The molecule has 130 valence electrons. The van der Waals surface area contributed by atoms with Crippen LogP contribution in [0.4, 0.5) is 18.9 Å². The number of rotatable bonds is 4. The highest BCUT2D eigenvalue weighted by atomic mass is 79.9. The molecule has 0 unspecified atom stereocenters. The maximum absolute atomic E-state index is 13.1. The summed E-state index contributed by atoms with van der Waals surface area (Å²) in [6.45, 7) is 0.178. The van der Waals surface area contributed by atoms with Gasteiger partial charge >= 0.3 is 6.18 Å². The van der Waals surface area contributed by atoms with Crippen LogP contribution in [0.1, 0.15) is 11.4 Å². The Morgan fingerprint density at radius 3 is 2.44 bits per heavy atom. The number of anilines is 1. The molecular weight excluding hydrogens is 419 g/mol. The summed E-state index contributed by atoms with van der Waals surface area (Å²) in [7, 11) is 0. The number of hydrogen-bond acceptors (Lipinski definition) is 2. The van der Waals surface area contributed by atoms with Crippen molar-refractivity contribution in [3.63, 3.8) is 0 Å². The Kier molecular flexibility index (Phi) is 5.06. The van der Waals surface area contributed by atoms with Crippen LogP contribution < -0.4 is 5.32 Å². The fraction of sp³-hybridized carbons (Fsp3) is 0.118. The summed E-state index contributed by atoms with van der Waals surface area (Å²) >= 11 is 9.28. The molecule has 3 aromatic rings. The average Bonchev–Trinajstić information content (AvgIpc) is 2.99. The predicted octanol–water partition coefficient (Wildman–Crippen LogP) is 5.92. The van der Waals surface area contributed by atoms with E-state index in [4.69, 9.17) is 11.6 Å². The molecule has 0 spiro atoms. The molecule has 25 heavy (non-hydrogen) atoms. The first-order chi connectivity index (χ1) is 11.8. The molecule has 0 saturated carbocycles. The third kappa shape index (κ3) is 4.35. The molecule has 2 aromatic carbocycles. The molecule has 0 aliphatic heterocycles. The summed E-state index contributed by atoms with van der Waals surface area (Å²) in [5.74, 6) is 0. The lowest BCUT2D eigenvalue weighted by molar-refractivity contribution is -0.141. The van der Waals surface area contributed by atoms with E-state index in [9.17, 15) is 13.2 Å². The van der Waals surface area contributed by atoms with E-state index in [0.29, 0.717) is 16.4 Å². The van der Waals surface area contributed by atoms with Gasteiger partial charge in [0.2, 0.25) is 0 Å². The van der Waals surface area contributed by atoms with E-state index in [2.05, 4.69) is 26.3 Å². The number of nitrogens with zero attached hydrogens (tertiary/aromatic N) is 2. The van der Waals surface area contributed by atoms with Crippen LogP contribution in [0.15, 0.2) is 59.1 Å². The zero-order valence-corrected chi connectivity index (χ0v) is 15.0. The number of hydrogen-bond donors (Lipinski definition) is 1. The Labute approximate surface area is 155 Å². The summed E-state index contributed by atoms with van der Waals surface area (Å²) in [5.41, 5.74) is 0.684. The average molecular weight is 431 g/mol. The quantitative estimate of drug-likeness (QED) is 0.557. The van der Waals surface area contributed by atoms with Gasteiger partial charge < -0.3 is 5.32 Å². The van der Waals surface area contributed by atoms with Crippen molar-refractivity contribution in [3.05, 3.63) is 75.5 Å². The highest BCUT2D eigenvalue weighted by Crippen LogP contribution is 2.30. The van der Waals surface area contributed by atoms with Crippen LogP contribution in [-0.2, 0) is 12.7 Å². The molecule has 3 nitrogen and oxygen atoms in total. The van der Waals surface area contributed by atoms with E-state index in [1.54, 1.807) is 24.3 Å². The van der Waals surface area contributed by atoms with Gasteiger partial charge in [0.25, 0.3) is 0 Å². The van der Waals surface area contributed by atoms with Crippen molar-refractivity contribution in [2.45, 2.75) is 12.7 Å². The first-order valence-corrected chi connectivity index (χ1v) is 8.41. The molecular formula is C17H12BrClF3N3. The second-order valence-corrected chi connectivity index (χ2v) is 6.62. The van der Waals surface area contributed by atoms with E-state index in [1.807, 2.05) is 24.3 Å². The van der Waals surface area contributed by atoms with Gasteiger partial charge in [-0.1, -0.05) is 33.6 Å². The highest BCUT2D eigenvalue weighted by Gasteiger charge is 2.35. The number of nitrogens with one attached hydrogen (secondary N) is 1. The predicted molar refractivity (Wildman–Crippen MR) is 95.0 cm³/mol. The van der Waals surface area contributed by atoms with E-state index in [1.165, 1.54) is 4.68 Å². The molecule has 0 aliphatic carbocycles. The summed E-state index contributed by atoms with van der Waals surface area (Å²) in [6, 6.07) is 14.9. The van der Waals surface area contributed by atoms with Gasteiger partial charge in [-0.15, -0.1) is 0 Å². The van der Waals surface area contributed by atoms with Gasteiger partial charge in [-0.2, -0.15) is 18.3 Å². The normalized spacial score (nSPS) is 11.6. The van der Waals surface area contributed by atoms with E-state index in [-0.39, 0.29) is 6.54 Å². The molecule has 3 rings (SSSR count). The molecule has 0 fully saturated rings. The summed E-state index contributed by atoms with van der Waals surface area (Å²) in [6.07, 6.45) is -4.52. The van der Waals surface area contributed by atoms with Gasteiger partial charge in [0.1, 0.15) is 0 Å². The Hall–Kier alpha value is -1.99. The summed E-state index contributed by atoms with van der Waals surface area (Å²) < 4.78 is 41.3. The monoisotopic (exact) mass is 429 g/mol. The number of alkyl halides is 3. The lowest BCUT2D eigenvalue weighted by Gasteiger charge is -2.10. The van der Waals surface area contributed by atoms with Crippen molar-refractivity contribution in [1.29, 1.82) is 0 Å². The third-order valence-electron chi connectivity index (χ3n) is 3.44. The summed E-state index contributed by atoms with van der Waals surface area (Å²) in [4.78, 5) is 0. The van der Waals surface area contributed by atoms with Gasteiger partial charge in [0.15, 0.2) is 5.69 Å². The maximum Gasteiger partial charge on any atom is 0.435 e. The first-order valence-electron chi connectivity index (χ1n) is 7.24. The Morgan fingerprint density at radius 1 is 1.08 bits per heavy atom. The maximum atomic E-state index is 13.1. The Balaban J connectivity index is 1.93. The van der Waals surface area contributed by atoms with Crippen LogP contribution in [0.5, 0.6) is 0 Å². The zero-order chi connectivity index (χ0) is 18.0. The minimum atomic E-state index is -4.52. The van der Waals surface area contributed by atoms with Crippen LogP contribution in [-0.4, -0.2) is 9.78 Å². The fourth-order valence-corrected chi connectivity index (χ4v) is 2.72. The fourth-order valence-electron chi connectivity index (χ4n) is 2.28. The molecule has 1 heterocycles. The van der Waals surface area contributed by atoms with Gasteiger partial charge in [0, 0.05) is 15.2 Å². The SMILES string of the molecule is FC(F)(F)c1cc(CNc2ccc(Br)cc2)n(-c2cccc(Cl)c2)n1.